The van der Waals surface area contributed by atoms with E-state index < -0.39 is 0 Å². The molecule has 2 aromatic heterocycles. The summed E-state index contributed by atoms with van der Waals surface area (Å²) in [5.41, 5.74) is 1.91. The van der Waals surface area contributed by atoms with E-state index in [2.05, 4.69) is 15.0 Å². The summed E-state index contributed by atoms with van der Waals surface area (Å²) in [5.74, 6) is -0.469. The van der Waals surface area contributed by atoms with Crippen LogP contribution in [0.5, 0.6) is 0 Å². The fourth-order valence-corrected chi connectivity index (χ4v) is 4.03. The number of fused-ring (bicyclic) bond motifs is 1. The molecule has 0 unspecified atom stereocenters. The number of hydrogen-bond donors (Lipinski definition) is 0. The predicted molar refractivity (Wildman–Crippen MR) is 96.4 cm³/mol. The fourth-order valence-electron chi connectivity index (χ4n) is 3.05. The highest BCUT2D eigenvalue weighted by Gasteiger charge is 2.22. The molecule has 0 N–H and O–H groups in total. The van der Waals surface area contributed by atoms with E-state index in [-0.39, 0.29) is 11.6 Å². The highest BCUT2D eigenvalue weighted by molar-refractivity contribution is 7.20. The van der Waals surface area contributed by atoms with Crippen LogP contribution in [0.2, 0.25) is 0 Å². The largest absolute Gasteiger partial charge is 0.366 e. The number of aryl methyl sites for hydroxylation is 1. The average Bonchev–Trinajstić information content (AvgIpc) is 3.12. The number of imidazole rings is 1. The van der Waals surface area contributed by atoms with Gasteiger partial charge in [-0.3, -0.25) is 4.79 Å². The molecule has 0 aliphatic carbocycles. The lowest BCUT2D eigenvalue weighted by atomic mass is 10.1. The van der Waals surface area contributed by atoms with Crippen LogP contribution in [0.15, 0.2) is 24.4 Å². The van der Waals surface area contributed by atoms with E-state index in [0.29, 0.717) is 24.3 Å². The second-order valence-corrected chi connectivity index (χ2v) is 7.12. The predicted octanol–water partition coefficient (Wildman–Crippen LogP) is 2.77. The van der Waals surface area contributed by atoms with Crippen LogP contribution in [-0.2, 0) is 0 Å². The summed E-state index contributed by atoms with van der Waals surface area (Å²) in [4.78, 5) is 20.9. The Kier molecular flexibility index (Phi) is 3.91. The zero-order valence-electron chi connectivity index (χ0n) is 14.1. The van der Waals surface area contributed by atoms with Crippen molar-refractivity contribution < 1.29 is 9.18 Å². The minimum absolute atomic E-state index is 0.126. The Labute approximate surface area is 148 Å². The molecule has 1 aliphatic heterocycles. The van der Waals surface area contributed by atoms with E-state index >= 15 is 0 Å². The number of rotatable bonds is 3. The highest BCUT2D eigenvalue weighted by Crippen LogP contribution is 2.27. The topological polar surface area (TPSA) is 53.7 Å². The molecule has 6 nitrogen and oxygen atoms in total. The number of nitrogens with zero attached hydrogens (tertiary/aromatic N) is 5. The van der Waals surface area contributed by atoms with Gasteiger partial charge in [-0.2, -0.15) is 0 Å². The maximum absolute atomic E-state index is 14.3. The van der Waals surface area contributed by atoms with Gasteiger partial charge in [0.2, 0.25) is 10.1 Å². The molecule has 1 aromatic carbocycles. The van der Waals surface area contributed by atoms with Gasteiger partial charge in [0.05, 0.1) is 17.6 Å². The zero-order valence-corrected chi connectivity index (χ0v) is 14.9. The number of anilines is 2. The first-order chi connectivity index (χ1) is 12.0. The van der Waals surface area contributed by atoms with Gasteiger partial charge < -0.3 is 9.80 Å². The Balaban J connectivity index is 1.47. The summed E-state index contributed by atoms with van der Waals surface area (Å²) in [7, 11) is 0. The Morgan fingerprint density at radius 1 is 1.20 bits per heavy atom. The lowest BCUT2D eigenvalue weighted by Crippen LogP contribution is -2.46. The van der Waals surface area contributed by atoms with Gasteiger partial charge in [-0.05, 0) is 32.0 Å². The molecular formula is C17H18FN5OS. The van der Waals surface area contributed by atoms with Crippen molar-refractivity contribution in [1.29, 1.82) is 0 Å². The number of benzene rings is 1. The number of halogens is 1. The monoisotopic (exact) mass is 359 g/mol. The molecule has 0 radical (unpaired) electrons. The molecule has 4 rings (SSSR count). The molecular weight excluding hydrogens is 341 g/mol. The van der Waals surface area contributed by atoms with Crippen LogP contribution in [0.3, 0.4) is 0 Å². The van der Waals surface area contributed by atoms with Crippen molar-refractivity contribution in [2.45, 2.75) is 13.8 Å². The number of aromatic nitrogens is 3. The molecule has 3 aromatic rings. The lowest BCUT2D eigenvalue weighted by molar-refractivity contribution is 0.101. The normalized spacial score (nSPS) is 15.2. The third-order valence-electron chi connectivity index (χ3n) is 4.40. The highest BCUT2D eigenvalue weighted by atomic mass is 32.1. The smallest absolute Gasteiger partial charge is 0.214 e. The first kappa shape index (κ1) is 16.0. The SMILES string of the molecule is CC(=O)c1ccc(N2CCN(c3nn4cc(C)nc4s3)CC2)c(F)c1. The molecule has 0 amide bonds. The summed E-state index contributed by atoms with van der Waals surface area (Å²) in [6, 6.07) is 4.70. The van der Waals surface area contributed by atoms with Crippen LogP contribution in [0.4, 0.5) is 15.2 Å². The van der Waals surface area contributed by atoms with Gasteiger partial charge in [0.15, 0.2) is 5.78 Å². The van der Waals surface area contributed by atoms with E-state index in [0.717, 1.165) is 28.9 Å². The van der Waals surface area contributed by atoms with Gasteiger partial charge in [0, 0.05) is 31.7 Å². The first-order valence-corrected chi connectivity index (χ1v) is 8.96. The fraction of sp³-hybridized carbons (Fsp3) is 0.353. The number of ketones is 1. The van der Waals surface area contributed by atoms with Gasteiger partial charge in [-0.15, -0.1) is 5.10 Å². The third kappa shape index (κ3) is 2.97. The summed E-state index contributed by atoms with van der Waals surface area (Å²) in [6.45, 7) is 6.34. The lowest BCUT2D eigenvalue weighted by Gasteiger charge is -2.35. The second kappa shape index (κ2) is 6.11. The van der Waals surface area contributed by atoms with Crippen molar-refractivity contribution in [2.75, 3.05) is 36.0 Å². The zero-order chi connectivity index (χ0) is 17.6. The van der Waals surface area contributed by atoms with Gasteiger partial charge in [0.1, 0.15) is 5.82 Å². The molecule has 1 saturated heterocycles. The molecule has 0 bridgehead atoms. The molecule has 0 atom stereocenters. The molecule has 25 heavy (non-hydrogen) atoms. The minimum atomic E-state index is -0.343. The van der Waals surface area contributed by atoms with Gasteiger partial charge >= 0.3 is 0 Å². The van der Waals surface area contributed by atoms with Crippen molar-refractivity contribution in [3.8, 4) is 0 Å². The van der Waals surface area contributed by atoms with Crippen LogP contribution in [0.1, 0.15) is 23.0 Å². The van der Waals surface area contributed by atoms with E-state index in [9.17, 15) is 9.18 Å². The Morgan fingerprint density at radius 2 is 1.92 bits per heavy atom. The quantitative estimate of drug-likeness (QED) is 0.673. The molecule has 8 heteroatoms. The summed E-state index contributed by atoms with van der Waals surface area (Å²) < 4.78 is 16.1. The molecule has 1 aliphatic rings. The molecule has 0 spiro atoms. The van der Waals surface area contributed by atoms with Gasteiger partial charge in [0.25, 0.3) is 0 Å². The molecule has 130 valence electrons. The molecule has 3 heterocycles. The average molecular weight is 359 g/mol. The standard InChI is InChI=1S/C17H18FN5OS/c1-11-10-23-16(19-11)25-17(20-23)22-7-5-21(6-8-22)15-4-3-13(12(2)24)9-14(15)18/h3-4,9-10H,5-8H2,1-2H3. The maximum atomic E-state index is 14.3. The summed E-state index contributed by atoms with van der Waals surface area (Å²) >= 11 is 1.57. The van der Waals surface area contributed by atoms with Crippen molar-refractivity contribution in [2.24, 2.45) is 0 Å². The van der Waals surface area contributed by atoms with Crippen LogP contribution < -0.4 is 9.80 Å². The second-order valence-electron chi connectivity index (χ2n) is 6.19. The van der Waals surface area contributed by atoms with Crippen molar-refractivity contribution in [3.05, 3.63) is 41.5 Å². The number of carbonyl (C=O) groups excluding carboxylic acids is 1. The Bertz CT molecular complexity index is 910. The van der Waals surface area contributed by atoms with Crippen molar-refractivity contribution >= 4 is 32.9 Å². The first-order valence-electron chi connectivity index (χ1n) is 8.14. The maximum Gasteiger partial charge on any atom is 0.214 e. The van der Waals surface area contributed by atoms with E-state index in [1.54, 1.807) is 23.5 Å². The van der Waals surface area contributed by atoms with E-state index in [1.807, 2.05) is 22.5 Å². The molecule has 0 saturated carbocycles. The van der Waals surface area contributed by atoms with E-state index in [4.69, 9.17) is 0 Å². The van der Waals surface area contributed by atoms with Crippen molar-refractivity contribution in [1.82, 2.24) is 14.6 Å². The van der Waals surface area contributed by atoms with E-state index in [1.165, 1.54) is 13.0 Å². The van der Waals surface area contributed by atoms with Crippen LogP contribution in [0, 0.1) is 12.7 Å². The van der Waals surface area contributed by atoms with Crippen LogP contribution in [-0.4, -0.2) is 46.6 Å². The number of piperazine rings is 1. The number of hydrogen-bond acceptors (Lipinski definition) is 6. The molecule has 1 fully saturated rings. The van der Waals surface area contributed by atoms with Crippen molar-refractivity contribution in [3.63, 3.8) is 0 Å². The number of Topliss-reactive ketones (excluding diaryl/α,β-unsaturated/α-hetero) is 1. The summed E-state index contributed by atoms with van der Waals surface area (Å²) in [5, 5.41) is 5.51. The Hall–Kier alpha value is -2.48. The van der Waals surface area contributed by atoms with Gasteiger partial charge in [-0.25, -0.2) is 13.9 Å². The third-order valence-corrected chi connectivity index (χ3v) is 5.38. The van der Waals surface area contributed by atoms with Crippen LogP contribution in [0.25, 0.3) is 4.96 Å². The van der Waals surface area contributed by atoms with Gasteiger partial charge in [-0.1, -0.05) is 11.3 Å². The summed E-state index contributed by atoms with van der Waals surface area (Å²) in [6.07, 6.45) is 1.91. The van der Waals surface area contributed by atoms with Crippen LogP contribution >= 0.6 is 11.3 Å². The minimum Gasteiger partial charge on any atom is -0.366 e. The Morgan fingerprint density at radius 3 is 2.56 bits per heavy atom. The number of carbonyl (C=O) groups is 1.